The highest BCUT2D eigenvalue weighted by Crippen LogP contribution is 2.20. The second-order valence-electron chi connectivity index (χ2n) is 4.73. The van der Waals surface area contributed by atoms with Crippen molar-refractivity contribution in [2.45, 2.75) is 46.2 Å². The Morgan fingerprint density at radius 3 is 2.71 bits per heavy atom. The van der Waals surface area contributed by atoms with Gasteiger partial charge in [0.05, 0.1) is 5.69 Å². The third-order valence-corrected chi connectivity index (χ3v) is 3.35. The molecule has 0 radical (unpaired) electrons. The van der Waals surface area contributed by atoms with Crippen LogP contribution in [-0.2, 0) is 13.6 Å². The molecule has 0 saturated carbocycles. The van der Waals surface area contributed by atoms with E-state index in [1.54, 1.807) is 4.68 Å². The number of rotatable bonds is 6. The predicted octanol–water partition coefficient (Wildman–Crippen LogP) is 1.63. The molecule has 5 nitrogen and oxygen atoms in total. The van der Waals surface area contributed by atoms with Crippen LogP contribution < -0.4 is 11.3 Å². The van der Waals surface area contributed by atoms with Crippen molar-refractivity contribution in [3.63, 3.8) is 0 Å². The number of aryl methyl sites for hydroxylation is 2. The smallest absolute Gasteiger partial charge is 0.142 e. The van der Waals surface area contributed by atoms with Crippen LogP contribution in [0.4, 0.5) is 5.82 Å². The minimum atomic E-state index is 0.574. The van der Waals surface area contributed by atoms with Crippen LogP contribution in [0.2, 0.25) is 0 Å². The molecule has 1 aromatic rings. The maximum absolute atomic E-state index is 5.55. The zero-order chi connectivity index (χ0) is 13.0. The summed E-state index contributed by atoms with van der Waals surface area (Å²) < 4.78 is 1.79. The van der Waals surface area contributed by atoms with Gasteiger partial charge in [-0.2, -0.15) is 5.10 Å². The summed E-state index contributed by atoms with van der Waals surface area (Å²) in [4.78, 5) is 2.34. The Balaban J connectivity index is 2.80. The number of hydrazine groups is 1. The molecule has 1 aromatic heterocycles. The molecule has 0 spiro atoms. The van der Waals surface area contributed by atoms with Crippen molar-refractivity contribution in [1.82, 2.24) is 14.7 Å². The number of nitrogens with one attached hydrogen (secondary N) is 1. The quantitative estimate of drug-likeness (QED) is 0.585. The molecular weight excluding hydrogens is 214 g/mol. The summed E-state index contributed by atoms with van der Waals surface area (Å²) in [6, 6.07) is 0.574. The van der Waals surface area contributed by atoms with Gasteiger partial charge in [-0.1, -0.05) is 13.3 Å². The standard InChI is InChI=1S/C12H25N5/c1-6-7-9(2)16(4)8-11-10(3)15-17(5)12(11)14-13/h9,14H,6-8,13H2,1-5H3. The lowest BCUT2D eigenvalue weighted by atomic mass is 10.1. The molecule has 98 valence electrons. The van der Waals surface area contributed by atoms with E-state index >= 15 is 0 Å². The highest BCUT2D eigenvalue weighted by Gasteiger charge is 2.16. The maximum atomic E-state index is 5.55. The van der Waals surface area contributed by atoms with Crippen molar-refractivity contribution < 1.29 is 0 Å². The average Bonchev–Trinajstić information content (AvgIpc) is 2.53. The van der Waals surface area contributed by atoms with Gasteiger partial charge >= 0.3 is 0 Å². The van der Waals surface area contributed by atoms with E-state index in [1.165, 1.54) is 18.4 Å². The fourth-order valence-electron chi connectivity index (χ4n) is 2.12. The highest BCUT2D eigenvalue weighted by atomic mass is 15.4. The largest absolute Gasteiger partial charge is 0.308 e. The fourth-order valence-corrected chi connectivity index (χ4v) is 2.12. The molecule has 1 atom stereocenters. The van der Waals surface area contributed by atoms with Crippen LogP contribution in [0, 0.1) is 6.92 Å². The molecule has 3 N–H and O–H groups in total. The van der Waals surface area contributed by atoms with E-state index in [2.05, 4.69) is 36.3 Å². The molecule has 1 unspecified atom stereocenters. The van der Waals surface area contributed by atoms with Crippen molar-refractivity contribution in [3.8, 4) is 0 Å². The van der Waals surface area contributed by atoms with E-state index in [0.717, 1.165) is 18.1 Å². The monoisotopic (exact) mass is 239 g/mol. The van der Waals surface area contributed by atoms with Gasteiger partial charge in [0.2, 0.25) is 0 Å². The second-order valence-corrected chi connectivity index (χ2v) is 4.73. The van der Waals surface area contributed by atoms with E-state index in [1.807, 2.05) is 14.0 Å². The third kappa shape index (κ3) is 3.20. The molecule has 1 rings (SSSR count). The van der Waals surface area contributed by atoms with Crippen LogP contribution in [0.25, 0.3) is 0 Å². The lowest BCUT2D eigenvalue weighted by Gasteiger charge is -2.24. The summed E-state index contributed by atoms with van der Waals surface area (Å²) in [5.74, 6) is 6.45. The lowest BCUT2D eigenvalue weighted by Crippen LogP contribution is -2.29. The summed E-state index contributed by atoms with van der Waals surface area (Å²) in [7, 11) is 4.05. The van der Waals surface area contributed by atoms with Crippen molar-refractivity contribution >= 4 is 5.82 Å². The highest BCUT2D eigenvalue weighted by molar-refractivity contribution is 5.46. The van der Waals surface area contributed by atoms with Crippen LogP contribution in [-0.4, -0.2) is 27.8 Å². The second kappa shape index (κ2) is 6.02. The number of aromatic nitrogens is 2. The number of anilines is 1. The minimum absolute atomic E-state index is 0.574. The molecule has 5 heteroatoms. The van der Waals surface area contributed by atoms with E-state index in [-0.39, 0.29) is 0 Å². The molecule has 0 amide bonds. The van der Waals surface area contributed by atoms with Crippen molar-refractivity contribution in [2.75, 3.05) is 12.5 Å². The fraction of sp³-hybridized carbons (Fsp3) is 0.750. The predicted molar refractivity (Wildman–Crippen MR) is 71.6 cm³/mol. The van der Waals surface area contributed by atoms with Crippen LogP contribution in [0.15, 0.2) is 0 Å². The first kappa shape index (κ1) is 14.0. The Hall–Kier alpha value is -1.07. The first-order chi connectivity index (χ1) is 8.01. The lowest BCUT2D eigenvalue weighted by molar-refractivity contribution is 0.237. The molecule has 0 aromatic carbocycles. The van der Waals surface area contributed by atoms with Crippen molar-refractivity contribution in [1.29, 1.82) is 0 Å². The maximum Gasteiger partial charge on any atom is 0.142 e. The van der Waals surface area contributed by atoms with Gasteiger partial charge in [-0.3, -0.25) is 9.58 Å². The Bertz CT molecular complexity index is 358. The molecule has 0 aliphatic rings. The Morgan fingerprint density at radius 2 is 2.18 bits per heavy atom. The van der Waals surface area contributed by atoms with Gasteiger partial charge in [-0.25, -0.2) is 5.84 Å². The normalized spacial score (nSPS) is 13.1. The van der Waals surface area contributed by atoms with Gasteiger partial charge in [0.1, 0.15) is 5.82 Å². The summed E-state index contributed by atoms with van der Waals surface area (Å²) >= 11 is 0. The van der Waals surface area contributed by atoms with Crippen LogP contribution in [0.1, 0.15) is 37.9 Å². The molecule has 0 aliphatic heterocycles. The zero-order valence-electron chi connectivity index (χ0n) is 11.6. The Kier molecular flexibility index (Phi) is 4.96. The summed E-state index contributed by atoms with van der Waals surface area (Å²) in [6.45, 7) is 7.37. The van der Waals surface area contributed by atoms with Crippen LogP contribution in [0.5, 0.6) is 0 Å². The summed E-state index contributed by atoms with van der Waals surface area (Å²) in [6.07, 6.45) is 2.42. The van der Waals surface area contributed by atoms with Gasteiger partial charge < -0.3 is 5.43 Å². The van der Waals surface area contributed by atoms with Gasteiger partial charge in [-0.05, 0) is 27.3 Å². The molecule has 0 bridgehead atoms. The molecular formula is C12H25N5. The number of nitrogens with zero attached hydrogens (tertiary/aromatic N) is 3. The van der Waals surface area contributed by atoms with E-state index < -0.39 is 0 Å². The first-order valence-corrected chi connectivity index (χ1v) is 6.20. The Labute approximate surface area is 104 Å². The van der Waals surface area contributed by atoms with E-state index in [9.17, 15) is 0 Å². The molecule has 17 heavy (non-hydrogen) atoms. The number of hydrogen-bond donors (Lipinski definition) is 2. The zero-order valence-corrected chi connectivity index (χ0v) is 11.6. The molecule has 0 aliphatic carbocycles. The van der Waals surface area contributed by atoms with Crippen molar-refractivity contribution in [3.05, 3.63) is 11.3 Å². The van der Waals surface area contributed by atoms with E-state index in [4.69, 9.17) is 5.84 Å². The molecule has 0 fully saturated rings. The van der Waals surface area contributed by atoms with Crippen LogP contribution >= 0.6 is 0 Å². The van der Waals surface area contributed by atoms with Gasteiger partial charge in [-0.15, -0.1) is 0 Å². The number of nitrogen functional groups attached to an aromatic ring is 1. The third-order valence-electron chi connectivity index (χ3n) is 3.35. The van der Waals surface area contributed by atoms with E-state index in [0.29, 0.717) is 6.04 Å². The van der Waals surface area contributed by atoms with Gasteiger partial charge in [0, 0.05) is 25.2 Å². The van der Waals surface area contributed by atoms with Crippen molar-refractivity contribution in [2.24, 2.45) is 12.9 Å². The molecule has 0 saturated heterocycles. The first-order valence-electron chi connectivity index (χ1n) is 6.20. The number of hydrogen-bond acceptors (Lipinski definition) is 4. The number of nitrogens with two attached hydrogens (primary N) is 1. The van der Waals surface area contributed by atoms with Crippen LogP contribution in [0.3, 0.4) is 0 Å². The van der Waals surface area contributed by atoms with Gasteiger partial charge in [0.15, 0.2) is 0 Å². The average molecular weight is 239 g/mol. The minimum Gasteiger partial charge on any atom is -0.308 e. The summed E-state index contributed by atoms with van der Waals surface area (Å²) in [5, 5.41) is 4.39. The van der Waals surface area contributed by atoms with Gasteiger partial charge in [0.25, 0.3) is 0 Å². The SMILES string of the molecule is CCCC(C)N(C)Cc1c(C)nn(C)c1NN. The Morgan fingerprint density at radius 1 is 1.53 bits per heavy atom. The molecule has 1 heterocycles. The summed E-state index contributed by atoms with van der Waals surface area (Å²) in [5.41, 5.74) is 4.95. The topological polar surface area (TPSA) is 59.1 Å².